The molecule has 0 saturated heterocycles. The van der Waals surface area contributed by atoms with Crippen LogP contribution in [0.25, 0.3) is 0 Å². The van der Waals surface area contributed by atoms with E-state index in [1.54, 1.807) is 41.6 Å². The largest absolute Gasteiger partial charge is 0.478 e. The maximum Gasteiger partial charge on any atom is 0.338 e. The molecule has 0 amide bonds. The Labute approximate surface area is 165 Å². The predicted octanol–water partition coefficient (Wildman–Crippen LogP) is 4.32. The summed E-state index contributed by atoms with van der Waals surface area (Å²) in [6, 6.07) is 6.14. The molecule has 5 nitrogen and oxygen atoms in total. The van der Waals surface area contributed by atoms with Gasteiger partial charge in [0.25, 0.3) is 0 Å². The van der Waals surface area contributed by atoms with Crippen LogP contribution in [0.2, 0.25) is 0 Å². The number of hydrogen-bond acceptors (Lipinski definition) is 3. The zero-order valence-corrected chi connectivity index (χ0v) is 17.0. The van der Waals surface area contributed by atoms with E-state index in [2.05, 4.69) is 0 Å². The van der Waals surface area contributed by atoms with Crippen LogP contribution in [0.3, 0.4) is 0 Å². The summed E-state index contributed by atoms with van der Waals surface area (Å²) >= 11 is 3.83. The normalized spacial score (nSPS) is 9.88. The third-order valence-electron chi connectivity index (χ3n) is 3.11. The summed E-state index contributed by atoms with van der Waals surface area (Å²) in [6.07, 6.45) is 0. The van der Waals surface area contributed by atoms with Crippen molar-refractivity contribution in [2.45, 2.75) is 13.8 Å². The molecule has 0 fully saturated rings. The van der Waals surface area contributed by atoms with E-state index < -0.39 is 17.8 Å². The van der Waals surface area contributed by atoms with Crippen LogP contribution in [0.4, 0.5) is 10.1 Å². The Bertz CT molecular complexity index is 742. The summed E-state index contributed by atoms with van der Waals surface area (Å²) in [5, 5.41) is 17.2. The molecule has 2 aromatic carbocycles. The molecule has 0 aliphatic rings. The molecular formula is C16H14FI2NO4. The first-order chi connectivity index (χ1) is 11.1. The molecule has 0 bridgehead atoms. The highest BCUT2D eigenvalue weighted by Crippen LogP contribution is 2.23. The highest BCUT2D eigenvalue weighted by Gasteiger charge is 2.13. The van der Waals surface area contributed by atoms with Crippen LogP contribution < -0.4 is 5.73 Å². The first-order valence-corrected chi connectivity index (χ1v) is 8.69. The van der Waals surface area contributed by atoms with Crippen LogP contribution in [-0.4, -0.2) is 22.2 Å². The van der Waals surface area contributed by atoms with Crippen molar-refractivity contribution >= 4 is 62.8 Å². The summed E-state index contributed by atoms with van der Waals surface area (Å²) < 4.78 is 14.3. The van der Waals surface area contributed by atoms with Gasteiger partial charge in [0.2, 0.25) is 0 Å². The number of benzene rings is 2. The van der Waals surface area contributed by atoms with Gasteiger partial charge in [0, 0.05) is 3.57 Å². The summed E-state index contributed by atoms with van der Waals surface area (Å²) in [5.74, 6) is -2.86. The second kappa shape index (κ2) is 8.60. The lowest BCUT2D eigenvalue weighted by Crippen LogP contribution is -2.04. The van der Waals surface area contributed by atoms with Crippen molar-refractivity contribution in [1.29, 1.82) is 0 Å². The summed E-state index contributed by atoms with van der Waals surface area (Å²) in [7, 11) is 0. The topological polar surface area (TPSA) is 101 Å². The number of anilines is 1. The Morgan fingerprint density at radius 1 is 0.917 bits per heavy atom. The number of carboxylic acids is 2. The third-order valence-corrected chi connectivity index (χ3v) is 5.87. The average molecular weight is 557 g/mol. The minimum atomic E-state index is -1.23. The SMILES string of the molecule is Cc1ccc(C(=O)O)c(F)c1I.Cc1ccc(C(=O)O)c(N)c1I. The Morgan fingerprint density at radius 3 is 1.79 bits per heavy atom. The number of hydrogen-bond donors (Lipinski definition) is 3. The minimum Gasteiger partial charge on any atom is -0.478 e. The number of nitrogen functional groups attached to an aromatic ring is 1. The highest BCUT2D eigenvalue weighted by atomic mass is 127. The van der Waals surface area contributed by atoms with Gasteiger partial charge in [0.15, 0.2) is 5.82 Å². The van der Waals surface area contributed by atoms with Gasteiger partial charge in [-0.05, 0) is 82.3 Å². The Hall–Kier alpha value is -1.43. The van der Waals surface area contributed by atoms with Crippen LogP contribution >= 0.6 is 45.2 Å². The first kappa shape index (κ1) is 20.6. The van der Waals surface area contributed by atoms with Crippen molar-refractivity contribution in [3.8, 4) is 0 Å². The molecule has 4 N–H and O–H groups in total. The van der Waals surface area contributed by atoms with E-state index in [9.17, 15) is 14.0 Å². The van der Waals surface area contributed by atoms with Crippen molar-refractivity contribution in [3.63, 3.8) is 0 Å². The van der Waals surface area contributed by atoms with Crippen molar-refractivity contribution < 1.29 is 24.2 Å². The quantitative estimate of drug-likeness (QED) is 0.378. The van der Waals surface area contributed by atoms with Gasteiger partial charge in [-0.15, -0.1) is 0 Å². The Kier molecular flexibility index (Phi) is 7.39. The number of carbonyl (C=O) groups is 2. The van der Waals surface area contributed by atoms with Gasteiger partial charge >= 0.3 is 11.9 Å². The molecule has 2 rings (SSSR count). The number of aryl methyl sites for hydroxylation is 2. The van der Waals surface area contributed by atoms with Crippen molar-refractivity contribution in [2.75, 3.05) is 5.73 Å². The molecule has 0 atom stereocenters. The van der Waals surface area contributed by atoms with Gasteiger partial charge in [0.1, 0.15) is 0 Å². The number of halogens is 3. The lowest BCUT2D eigenvalue weighted by Gasteiger charge is -2.05. The third kappa shape index (κ3) is 4.79. The highest BCUT2D eigenvalue weighted by molar-refractivity contribution is 14.1. The standard InChI is InChI=1S/C8H6FIO2.C8H8INO2/c1-4-2-3-5(8(11)12)6(9)7(4)10;1-4-2-3-5(8(11)12)7(10)6(4)9/h2-3H,1H3,(H,11,12);2-3H,10H2,1H3,(H,11,12). The average Bonchev–Trinajstić information content (AvgIpc) is 2.50. The van der Waals surface area contributed by atoms with Gasteiger partial charge in [-0.3, -0.25) is 0 Å². The summed E-state index contributed by atoms with van der Waals surface area (Å²) in [6.45, 7) is 3.63. The van der Waals surface area contributed by atoms with E-state index in [0.29, 0.717) is 9.26 Å². The first-order valence-electron chi connectivity index (χ1n) is 6.53. The molecule has 0 aliphatic heterocycles. The predicted molar refractivity (Wildman–Crippen MR) is 106 cm³/mol. The van der Waals surface area contributed by atoms with Gasteiger partial charge in [0.05, 0.1) is 20.4 Å². The second-order valence-corrected chi connectivity index (χ2v) is 6.98. The molecule has 0 saturated carbocycles. The molecule has 0 heterocycles. The van der Waals surface area contributed by atoms with E-state index in [0.717, 1.165) is 14.7 Å². The van der Waals surface area contributed by atoms with Crippen molar-refractivity contribution in [1.82, 2.24) is 0 Å². The van der Waals surface area contributed by atoms with Gasteiger partial charge in [-0.2, -0.15) is 0 Å². The monoisotopic (exact) mass is 557 g/mol. The maximum absolute atomic E-state index is 13.1. The Balaban J connectivity index is 0.000000240. The molecule has 2 aromatic rings. The number of rotatable bonds is 2. The lowest BCUT2D eigenvalue weighted by molar-refractivity contribution is 0.0683. The zero-order valence-electron chi connectivity index (χ0n) is 12.7. The van der Waals surface area contributed by atoms with Gasteiger partial charge in [-0.25, -0.2) is 14.0 Å². The number of aromatic carboxylic acids is 2. The lowest BCUT2D eigenvalue weighted by atomic mass is 10.1. The van der Waals surface area contributed by atoms with E-state index >= 15 is 0 Å². The number of nitrogens with two attached hydrogens (primary N) is 1. The molecule has 8 heteroatoms. The minimum absolute atomic E-state index is 0.171. The molecule has 0 radical (unpaired) electrons. The molecule has 0 unspecified atom stereocenters. The van der Waals surface area contributed by atoms with E-state index in [1.165, 1.54) is 12.1 Å². The molecule has 0 aliphatic carbocycles. The number of carboxylic acid groups (broad SMARTS) is 2. The second-order valence-electron chi connectivity index (χ2n) is 4.83. The van der Waals surface area contributed by atoms with Gasteiger partial charge < -0.3 is 15.9 Å². The maximum atomic E-state index is 13.1. The van der Waals surface area contributed by atoms with Crippen molar-refractivity contribution in [2.24, 2.45) is 0 Å². The van der Waals surface area contributed by atoms with E-state index in [-0.39, 0.29) is 11.1 Å². The molecule has 24 heavy (non-hydrogen) atoms. The fraction of sp³-hybridized carbons (Fsp3) is 0.125. The van der Waals surface area contributed by atoms with Crippen molar-refractivity contribution in [3.05, 3.63) is 59.5 Å². The molecule has 0 aromatic heterocycles. The fourth-order valence-corrected chi connectivity index (χ4v) is 2.64. The smallest absolute Gasteiger partial charge is 0.338 e. The van der Waals surface area contributed by atoms with Crippen LogP contribution in [0.15, 0.2) is 24.3 Å². The fourth-order valence-electron chi connectivity index (χ4n) is 1.70. The van der Waals surface area contributed by atoms with Gasteiger partial charge in [-0.1, -0.05) is 12.1 Å². The van der Waals surface area contributed by atoms with Crippen LogP contribution in [0.1, 0.15) is 31.8 Å². The molecule has 128 valence electrons. The Morgan fingerprint density at radius 2 is 1.33 bits per heavy atom. The van der Waals surface area contributed by atoms with E-state index in [4.69, 9.17) is 15.9 Å². The summed E-state index contributed by atoms with van der Waals surface area (Å²) in [5.41, 5.74) is 7.59. The van der Waals surface area contributed by atoms with Crippen LogP contribution in [0.5, 0.6) is 0 Å². The zero-order chi connectivity index (χ0) is 18.6. The van der Waals surface area contributed by atoms with E-state index in [1.807, 2.05) is 29.5 Å². The van der Waals surface area contributed by atoms with Crippen LogP contribution in [0, 0.1) is 26.8 Å². The molecular weight excluding hydrogens is 543 g/mol. The summed E-state index contributed by atoms with van der Waals surface area (Å²) in [4.78, 5) is 21.0. The molecule has 0 spiro atoms. The van der Waals surface area contributed by atoms with Crippen LogP contribution in [-0.2, 0) is 0 Å².